The first-order valence-corrected chi connectivity index (χ1v) is 6.52. The molecule has 0 amide bonds. The molecule has 0 aromatic heterocycles. The molecule has 2 N–H and O–H groups in total. The van der Waals surface area contributed by atoms with E-state index in [-0.39, 0.29) is 0 Å². The molecule has 13 heavy (non-hydrogen) atoms. The van der Waals surface area contributed by atoms with Crippen LogP contribution in [0.2, 0.25) is 0 Å². The number of nitrogens with one attached hydrogen (secondary N) is 2. The van der Waals surface area contributed by atoms with Crippen molar-refractivity contribution in [2.24, 2.45) is 11.8 Å². The van der Waals surface area contributed by atoms with E-state index in [1.54, 1.807) is 0 Å². The summed E-state index contributed by atoms with van der Waals surface area (Å²) in [6.45, 7) is 2.49. The number of rotatable bonds is 0. The topological polar surface area (TPSA) is 24.1 Å². The average molecular weight is 198 g/mol. The zero-order valence-electron chi connectivity index (χ0n) is 7.96. The Labute approximate surface area is 84.2 Å². The Morgan fingerprint density at radius 3 is 1.92 bits per heavy atom. The van der Waals surface area contributed by atoms with Gasteiger partial charge in [-0.25, -0.2) is 0 Å². The first-order chi connectivity index (χ1) is 6.45. The van der Waals surface area contributed by atoms with Gasteiger partial charge in [-0.3, -0.25) is 0 Å². The van der Waals surface area contributed by atoms with Gasteiger partial charge in [0.25, 0.3) is 0 Å². The maximum atomic E-state index is 3.66. The molecule has 3 fully saturated rings. The van der Waals surface area contributed by atoms with Gasteiger partial charge in [-0.2, -0.15) is 0 Å². The van der Waals surface area contributed by atoms with Crippen LogP contribution in [0.3, 0.4) is 0 Å². The van der Waals surface area contributed by atoms with Crippen LogP contribution < -0.4 is 10.6 Å². The van der Waals surface area contributed by atoms with E-state index in [9.17, 15) is 0 Å². The predicted octanol–water partition coefficient (Wildman–Crippen LogP) is 1.38. The summed E-state index contributed by atoms with van der Waals surface area (Å²) in [4.78, 5) is 0. The van der Waals surface area contributed by atoms with E-state index < -0.39 is 0 Å². The molecule has 0 spiro atoms. The summed E-state index contributed by atoms with van der Waals surface area (Å²) in [5, 5.41) is 8.87. The highest BCUT2D eigenvalue weighted by atomic mass is 32.2. The molecular weight excluding hydrogens is 180 g/mol. The molecule has 3 heterocycles. The van der Waals surface area contributed by atoms with Gasteiger partial charge in [0.05, 0.1) is 10.7 Å². The summed E-state index contributed by atoms with van der Waals surface area (Å²) in [5.74, 6) is 1.94. The maximum Gasteiger partial charge on any atom is 0.0580 e. The highest BCUT2D eigenvalue weighted by Crippen LogP contribution is 2.47. The van der Waals surface area contributed by atoms with Crippen molar-refractivity contribution in [3.8, 4) is 0 Å². The summed E-state index contributed by atoms with van der Waals surface area (Å²) < 4.78 is 0. The van der Waals surface area contributed by atoms with E-state index in [1.807, 2.05) is 0 Å². The second-order valence-corrected chi connectivity index (χ2v) is 5.79. The highest BCUT2D eigenvalue weighted by molar-refractivity contribution is 8.00. The van der Waals surface area contributed by atoms with Crippen molar-refractivity contribution >= 4 is 11.8 Å². The van der Waals surface area contributed by atoms with E-state index in [0.717, 1.165) is 22.6 Å². The van der Waals surface area contributed by atoms with Gasteiger partial charge in [-0.1, -0.05) is 0 Å². The second kappa shape index (κ2) is 3.44. The molecule has 0 aromatic carbocycles. The molecular formula is C10H18N2S. The monoisotopic (exact) mass is 198 g/mol. The number of piperidine rings is 2. The summed E-state index contributed by atoms with van der Waals surface area (Å²) in [6, 6.07) is 0. The Kier molecular flexibility index (Phi) is 2.27. The minimum atomic E-state index is 0.773. The van der Waals surface area contributed by atoms with Crippen molar-refractivity contribution in [3.05, 3.63) is 0 Å². The normalized spacial score (nSPS) is 49.8. The SMILES string of the molecule is C1CNC2SC3NCCCC3C2C1. The predicted molar refractivity (Wildman–Crippen MR) is 56.6 cm³/mol. The molecule has 0 radical (unpaired) electrons. The Bertz CT molecular complexity index is 177. The molecule has 4 atom stereocenters. The van der Waals surface area contributed by atoms with E-state index >= 15 is 0 Å². The summed E-state index contributed by atoms with van der Waals surface area (Å²) in [7, 11) is 0. The molecule has 0 aromatic rings. The standard InChI is InChI=1S/C10H18N2S/c1-3-7-8-4-2-6-12-10(8)13-9(7)11-5-1/h7-12H,1-6H2. The van der Waals surface area contributed by atoms with Crippen LogP contribution in [0.4, 0.5) is 0 Å². The smallest absolute Gasteiger partial charge is 0.0580 e. The second-order valence-electron chi connectivity index (χ2n) is 4.50. The number of hydrogen-bond acceptors (Lipinski definition) is 3. The van der Waals surface area contributed by atoms with Gasteiger partial charge in [0.15, 0.2) is 0 Å². The zero-order valence-corrected chi connectivity index (χ0v) is 8.78. The molecule has 0 aliphatic carbocycles. The minimum absolute atomic E-state index is 0.773. The van der Waals surface area contributed by atoms with Crippen LogP contribution in [0.15, 0.2) is 0 Å². The zero-order chi connectivity index (χ0) is 8.67. The highest BCUT2D eigenvalue weighted by Gasteiger charge is 2.45. The first kappa shape index (κ1) is 8.57. The summed E-state index contributed by atoms with van der Waals surface area (Å²) >= 11 is 2.16. The van der Waals surface area contributed by atoms with Crippen LogP contribution in [0, 0.1) is 11.8 Å². The fraction of sp³-hybridized carbons (Fsp3) is 1.00. The largest absolute Gasteiger partial charge is 0.305 e. The van der Waals surface area contributed by atoms with E-state index in [2.05, 4.69) is 22.4 Å². The van der Waals surface area contributed by atoms with E-state index in [0.29, 0.717) is 0 Å². The third kappa shape index (κ3) is 1.41. The van der Waals surface area contributed by atoms with Gasteiger partial charge in [0.2, 0.25) is 0 Å². The van der Waals surface area contributed by atoms with Crippen LogP contribution in [0.25, 0.3) is 0 Å². The molecule has 0 bridgehead atoms. The van der Waals surface area contributed by atoms with Crippen molar-refractivity contribution in [2.75, 3.05) is 13.1 Å². The van der Waals surface area contributed by atoms with Crippen LogP contribution in [0.5, 0.6) is 0 Å². The number of thioether (sulfide) groups is 1. The Balaban J connectivity index is 1.76. The first-order valence-electron chi connectivity index (χ1n) is 5.57. The average Bonchev–Trinajstić information content (AvgIpc) is 2.56. The number of hydrogen-bond donors (Lipinski definition) is 2. The fourth-order valence-electron chi connectivity index (χ4n) is 3.10. The Hall–Kier alpha value is 0.270. The fourth-order valence-corrected chi connectivity index (χ4v) is 4.93. The third-order valence-electron chi connectivity index (χ3n) is 3.74. The van der Waals surface area contributed by atoms with Crippen molar-refractivity contribution < 1.29 is 0 Å². The molecule has 2 nitrogen and oxygen atoms in total. The van der Waals surface area contributed by atoms with Gasteiger partial charge in [0, 0.05) is 0 Å². The van der Waals surface area contributed by atoms with Gasteiger partial charge in [-0.05, 0) is 50.6 Å². The lowest BCUT2D eigenvalue weighted by molar-refractivity contribution is 0.217. The van der Waals surface area contributed by atoms with E-state index in [4.69, 9.17) is 0 Å². The molecule has 0 saturated carbocycles. The van der Waals surface area contributed by atoms with Crippen LogP contribution >= 0.6 is 11.8 Å². The molecule has 3 heteroatoms. The Morgan fingerprint density at radius 1 is 0.846 bits per heavy atom. The summed E-state index contributed by atoms with van der Waals surface area (Å²) in [6.07, 6.45) is 5.72. The lowest BCUT2D eigenvalue weighted by Crippen LogP contribution is -2.40. The quantitative estimate of drug-likeness (QED) is 0.615. The van der Waals surface area contributed by atoms with Gasteiger partial charge in [0.1, 0.15) is 0 Å². The Morgan fingerprint density at radius 2 is 1.38 bits per heavy atom. The van der Waals surface area contributed by atoms with Gasteiger partial charge in [-0.15, -0.1) is 11.8 Å². The van der Waals surface area contributed by atoms with Crippen molar-refractivity contribution in [3.63, 3.8) is 0 Å². The molecule has 74 valence electrons. The maximum absolute atomic E-state index is 3.66. The van der Waals surface area contributed by atoms with E-state index in [1.165, 1.54) is 38.8 Å². The molecule has 3 aliphatic heterocycles. The van der Waals surface area contributed by atoms with Crippen LogP contribution in [-0.4, -0.2) is 23.8 Å². The lowest BCUT2D eigenvalue weighted by atomic mass is 9.82. The van der Waals surface area contributed by atoms with Crippen molar-refractivity contribution in [1.82, 2.24) is 10.6 Å². The third-order valence-corrected chi connectivity index (χ3v) is 5.36. The van der Waals surface area contributed by atoms with Gasteiger partial charge >= 0.3 is 0 Å². The molecule has 3 aliphatic rings. The van der Waals surface area contributed by atoms with Gasteiger partial charge < -0.3 is 10.6 Å². The minimum Gasteiger partial charge on any atom is -0.305 e. The molecule has 3 rings (SSSR count). The summed E-state index contributed by atoms with van der Waals surface area (Å²) in [5.41, 5.74) is 0. The van der Waals surface area contributed by atoms with Crippen molar-refractivity contribution in [1.29, 1.82) is 0 Å². The van der Waals surface area contributed by atoms with Crippen LogP contribution in [0.1, 0.15) is 25.7 Å². The number of fused-ring (bicyclic) bond motifs is 3. The lowest BCUT2D eigenvalue weighted by Gasteiger charge is -2.31. The molecule has 4 unspecified atom stereocenters. The van der Waals surface area contributed by atoms with Crippen molar-refractivity contribution in [2.45, 2.75) is 36.4 Å². The molecule has 3 saturated heterocycles. The van der Waals surface area contributed by atoms with Crippen LogP contribution in [-0.2, 0) is 0 Å².